The second-order valence-electron chi connectivity index (χ2n) is 1.98. The van der Waals surface area contributed by atoms with Crippen LogP contribution < -0.4 is 5.73 Å². The summed E-state index contributed by atoms with van der Waals surface area (Å²) in [5.41, 5.74) is 5.38. The summed E-state index contributed by atoms with van der Waals surface area (Å²) >= 11 is 10.1. The highest BCUT2D eigenvalue weighted by atomic mass is 35.5. The van der Waals surface area contributed by atoms with Crippen LogP contribution in [0, 0.1) is 0 Å². The zero-order valence-electron chi connectivity index (χ0n) is 6.91. The van der Waals surface area contributed by atoms with E-state index in [1.54, 1.807) is 18.3 Å². The van der Waals surface area contributed by atoms with E-state index >= 15 is 0 Å². The number of primary amides is 1. The monoisotopic (exact) mass is 220 g/mol. The molecule has 0 fully saturated rings. The molecular weight excluding hydrogens is 211 g/mol. The van der Waals surface area contributed by atoms with E-state index in [9.17, 15) is 4.79 Å². The van der Waals surface area contributed by atoms with Gasteiger partial charge in [0, 0.05) is 24.2 Å². The quantitative estimate of drug-likeness (QED) is 0.772. The Bertz CT molecular complexity index is 239. The molecule has 0 saturated carbocycles. The third-order valence-corrected chi connectivity index (χ3v) is 1.59. The molecule has 0 unspecified atom stereocenters. The smallest absolute Gasteiger partial charge is 0.250 e. The number of nitrogens with zero attached hydrogens (tertiary/aromatic N) is 1. The van der Waals surface area contributed by atoms with E-state index in [1.165, 1.54) is 6.20 Å². The summed E-state index contributed by atoms with van der Waals surface area (Å²) in [6, 6.07) is 3.29. The lowest BCUT2D eigenvalue weighted by Gasteiger charge is -1.88. The van der Waals surface area contributed by atoms with E-state index in [4.69, 9.17) is 28.9 Å². The molecule has 2 N–H and O–H groups in total. The minimum absolute atomic E-state index is 0.442. The van der Waals surface area contributed by atoms with E-state index < -0.39 is 5.91 Å². The Balaban J connectivity index is 0.000000310. The second-order valence-corrected chi connectivity index (χ2v) is 2.74. The van der Waals surface area contributed by atoms with Crippen LogP contribution in [0.4, 0.5) is 0 Å². The fourth-order valence-corrected chi connectivity index (χ4v) is 0.509. The zero-order chi connectivity index (χ0) is 10.1. The molecule has 1 aromatic heterocycles. The van der Waals surface area contributed by atoms with Gasteiger partial charge in [-0.1, -0.05) is 0 Å². The third kappa shape index (κ3) is 6.37. The van der Waals surface area contributed by atoms with E-state index in [-0.39, 0.29) is 0 Å². The van der Waals surface area contributed by atoms with Crippen LogP contribution in [0.1, 0.15) is 10.4 Å². The first-order valence-electron chi connectivity index (χ1n) is 3.54. The lowest BCUT2D eigenvalue weighted by molar-refractivity contribution is 0.1000. The van der Waals surface area contributed by atoms with E-state index in [2.05, 4.69) is 4.98 Å². The molecule has 1 rings (SSSR count). The molecule has 1 aromatic rings. The van der Waals surface area contributed by atoms with Gasteiger partial charge in [0.25, 0.3) is 0 Å². The van der Waals surface area contributed by atoms with Gasteiger partial charge in [0.1, 0.15) is 0 Å². The van der Waals surface area contributed by atoms with Crippen molar-refractivity contribution in [2.45, 2.75) is 0 Å². The van der Waals surface area contributed by atoms with Crippen molar-refractivity contribution in [3.63, 3.8) is 0 Å². The summed E-state index contributed by atoms with van der Waals surface area (Å²) in [7, 11) is 0. The molecular formula is C8H10Cl2N2O. The van der Waals surface area contributed by atoms with Gasteiger partial charge in [0.2, 0.25) is 5.91 Å². The molecule has 1 amide bonds. The Morgan fingerprint density at radius 1 is 1.46 bits per heavy atom. The maximum atomic E-state index is 10.4. The summed E-state index contributed by atoms with van der Waals surface area (Å²) in [4.78, 5) is 14.1. The van der Waals surface area contributed by atoms with Gasteiger partial charge in [0.15, 0.2) is 0 Å². The normalized spacial score (nSPS) is 8.46. The second kappa shape index (κ2) is 7.83. The van der Waals surface area contributed by atoms with E-state index in [0.29, 0.717) is 17.3 Å². The van der Waals surface area contributed by atoms with Crippen LogP contribution in [0.5, 0.6) is 0 Å². The summed E-state index contributed by atoms with van der Waals surface area (Å²) in [6.07, 6.45) is 3.02. The third-order valence-electron chi connectivity index (χ3n) is 1.02. The van der Waals surface area contributed by atoms with Gasteiger partial charge in [-0.05, 0) is 12.1 Å². The molecule has 0 bridgehead atoms. The zero-order valence-corrected chi connectivity index (χ0v) is 8.42. The van der Waals surface area contributed by atoms with Crippen molar-refractivity contribution in [1.82, 2.24) is 4.98 Å². The number of alkyl halides is 2. The molecule has 1 heterocycles. The van der Waals surface area contributed by atoms with Crippen LogP contribution in [0.25, 0.3) is 0 Å². The number of hydrogen-bond acceptors (Lipinski definition) is 2. The summed E-state index contributed by atoms with van der Waals surface area (Å²) in [5, 5.41) is 0. The molecule has 0 atom stereocenters. The molecule has 72 valence electrons. The molecule has 0 aliphatic carbocycles. The first kappa shape index (κ1) is 12.2. The standard InChI is InChI=1S/C6H6N2O.C2H4Cl2/c7-6(9)5-2-1-3-8-4-5;3-1-2-4/h1-4H,(H2,7,9);1-2H2. The van der Waals surface area contributed by atoms with Gasteiger partial charge in [-0.3, -0.25) is 9.78 Å². The maximum absolute atomic E-state index is 10.4. The number of carbonyl (C=O) groups excluding carboxylic acids is 1. The molecule has 3 nitrogen and oxygen atoms in total. The van der Waals surface area contributed by atoms with Gasteiger partial charge < -0.3 is 5.73 Å². The Labute approximate surface area is 86.9 Å². The van der Waals surface area contributed by atoms with Crippen molar-refractivity contribution >= 4 is 29.1 Å². The van der Waals surface area contributed by atoms with E-state index in [1.807, 2.05) is 0 Å². The van der Waals surface area contributed by atoms with Crippen molar-refractivity contribution < 1.29 is 4.79 Å². The minimum atomic E-state index is -0.442. The fraction of sp³-hybridized carbons (Fsp3) is 0.250. The lowest BCUT2D eigenvalue weighted by Crippen LogP contribution is -2.10. The first-order valence-corrected chi connectivity index (χ1v) is 4.61. The predicted octanol–water partition coefficient (Wildman–Crippen LogP) is 1.64. The number of amides is 1. The predicted molar refractivity (Wildman–Crippen MR) is 54.2 cm³/mol. The molecule has 0 aromatic carbocycles. The Morgan fingerprint density at radius 3 is 2.31 bits per heavy atom. The average Bonchev–Trinajstić information content (AvgIpc) is 2.19. The molecule has 0 saturated heterocycles. The number of nitrogens with two attached hydrogens (primary N) is 1. The summed E-state index contributed by atoms with van der Waals surface area (Å²) in [6.45, 7) is 0. The van der Waals surface area contributed by atoms with Crippen molar-refractivity contribution in [2.75, 3.05) is 11.8 Å². The van der Waals surface area contributed by atoms with Gasteiger partial charge in [-0.2, -0.15) is 0 Å². The highest BCUT2D eigenvalue weighted by Crippen LogP contribution is 1.91. The fourth-order valence-electron chi connectivity index (χ4n) is 0.509. The van der Waals surface area contributed by atoms with Crippen molar-refractivity contribution in [2.24, 2.45) is 5.73 Å². The highest BCUT2D eigenvalue weighted by Gasteiger charge is 1.94. The minimum Gasteiger partial charge on any atom is -0.366 e. The van der Waals surface area contributed by atoms with Crippen LogP contribution in [-0.2, 0) is 0 Å². The van der Waals surface area contributed by atoms with Gasteiger partial charge in [-0.25, -0.2) is 0 Å². The van der Waals surface area contributed by atoms with Crippen LogP contribution in [0.15, 0.2) is 24.5 Å². The largest absolute Gasteiger partial charge is 0.366 e. The molecule has 5 heteroatoms. The number of aromatic nitrogens is 1. The SMILES string of the molecule is ClCCCl.NC(=O)c1cccnc1. The van der Waals surface area contributed by atoms with E-state index in [0.717, 1.165) is 0 Å². The topological polar surface area (TPSA) is 56.0 Å². The lowest BCUT2D eigenvalue weighted by atomic mass is 10.3. The summed E-state index contributed by atoms with van der Waals surface area (Å²) in [5.74, 6) is 0.673. The summed E-state index contributed by atoms with van der Waals surface area (Å²) < 4.78 is 0. The Morgan fingerprint density at radius 2 is 2.08 bits per heavy atom. The number of carbonyl (C=O) groups is 1. The van der Waals surface area contributed by atoms with Crippen molar-refractivity contribution in [1.29, 1.82) is 0 Å². The molecule has 0 spiro atoms. The number of hydrogen-bond donors (Lipinski definition) is 1. The van der Waals surface area contributed by atoms with Crippen LogP contribution in [0.3, 0.4) is 0 Å². The Hall–Kier alpha value is -0.800. The van der Waals surface area contributed by atoms with Gasteiger partial charge >= 0.3 is 0 Å². The van der Waals surface area contributed by atoms with Gasteiger partial charge in [-0.15, -0.1) is 23.2 Å². The average molecular weight is 221 g/mol. The highest BCUT2D eigenvalue weighted by molar-refractivity contribution is 6.25. The maximum Gasteiger partial charge on any atom is 0.250 e. The molecule has 13 heavy (non-hydrogen) atoms. The van der Waals surface area contributed by atoms with Crippen LogP contribution in [-0.4, -0.2) is 22.7 Å². The number of rotatable bonds is 2. The number of pyridine rings is 1. The van der Waals surface area contributed by atoms with Crippen LogP contribution in [0.2, 0.25) is 0 Å². The Kier molecular flexibility index (Phi) is 7.35. The van der Waals surface area contributed by atoms with Crippen LogP contribution >= 0.6 is 23.2 Å². The van der Waals surface area contributed by atoms with Gasteiger partial charge in [0.05, 0.1) is 5.56 Å². The number of halogens is 2. The molecule has 0 aliphatic heterocycles. The first-order chi connectivity index (χ1) is 6.22. The van der Waals surface area contributed by atoms with Crippen molar-refractivity contribution in [3.8, 4) is 0 Å². The van der Waals surface area contributed by atoms with Crippen molar-refractivity contribution in [3.05, 3.63) is 30.1 Å². The molecule has 0 radical (unpaired) electrons. The molecule has 0 aliphatic rings.